The molecule has 1 fully saturated rings. The molecule has 0 radical (unpaired) electrons. The number of carbonyl (C=O) groups excluding carboxylic acids is 1. The van der Waals surface area contributed by atoms with Crippen LogP contribution in [0.15, 0.2) is 59.5 Å². The molecule has 0 amide bonds. The second-order valence-corrected chi connectivity index (χ2v) is 8.72. The van der Waals surface area contributed by atoms with Gasteiger partial charge in [-0.25, -0.2) is 8.42 Å². The molecule has 1 aliphatic rings. The lowest BCUT2D eigenvalue weighted by Gasteiger charge is -2.34. The van der Waals surface area contributed by atoms with Crippen LogP contribution in [0.1, 0.15) is 35.7 Å². The predicted molar refractivity (Wildman–Crippen MR) is 109 cm³/mol. The molecule has 7 heteroatoms. The van der Waals surface area contributed by atoms with Gasteiger partial charge in [0, 0.05) is 30.3 Å². The quantitative estimate of drug-likeness (QED) is 0.771. The minimum atomic E-state index is -3.76. The molecule has 5 nitrogen and oxygen atoms in total. The Hall–Kier alpha value is -1.73. The summed E-state index contributed by atoms with van der Waals surface area (Å²) in [5.74, 6) is -0.152. The van der Waals surface area contributed by atoms with Gasteiger partial charge in [0.05, 0.1) is 4.90 Å². The Morgan fingerprint density at radius 3 is 2.41 bits per heavy atom. The lowest BCUT2D eigenvalue weighted by Crippen LogP contribution is -2.45. The van der Waals surface area contributed by atoms with Crippen molar-refractivity contribution in [1.29, 1.82) is 0 Å². The molecule has 0 bridgehead atoms. The number of nitrogens with zero attached hydrogens (tertiary/aromatic N) is 1. The summed E-state index contributed by atoms with van der Waals surface area (Å²) in [6, 6.07) is 15.1. The van der Waals surface area contributed by atoms with Crippen LogP contribution in [0.3, 0.4) is 0 Å². The highest BCUT2D eigenvalue weighted by Gasteiger charge is 2.33. The molecule has 2 atom stereocenters. The Kier molecular flexibility index (Phi) is 7.17. The fraction of sp³-hybridized carbons (Fsp3) is 0.350. The smallest absolute Gasteiger partial charge is 0.243 e. The summed E-state index contributed by atoms with van der Waals surface area (Å²) in [5, 5.41) is 0. The Balaban J connectivity index is 0.00000261. The molecule has 2 N–H and O–H groups in total. The number of sulfonamides is 1. The van der Waals surface area contributed by atoms with E-state index in [1.54, 1.807) is 42.5 Å². The minimum absolute atomic E-state index is 0. The third-order valence-electron chi connectivity index (χ3n) is 4.95. The molecule has 27 heavy (non-hydrogen) atoms. The van der Waals surface area contributed by atoms with E-state index in [0.717, 1.165) is 12.8 Å². The highest BCUT2D eigenvalue weighted by atomic mass is 35.5. The number of nitrogens with two attached hydrogens (primary N) is 1. The lowest BCUT2D eigenvalue weighted by molar-refractivity contribution is 0.103. The number of halogens is 1. The van der Waals surface area contributed by atoms with Crippen molar-refractivity contribution in [1.82, 2.24) is 4.31 Å². The molecule has 0 spiro atoms. The maximum Gasteiger partial charge on any atom is 0.243 e. The Morgan fingerprint density at radius 2 is 1.74 bits per heavy atom. The third kappa shape index (κ3) is 4.58. The van der Waals surface area contributed by atoms with Crippen LogP contribution in [0, 0.1) is 5.92 Å². The lowest BCUT2D eigenvalue weighted by atomic mass is 9.93. The van der Waals surface area contributed by atoms with Crippen LogP contribution in [-0.2, 0) is 10.0 Å². The molecule has 146 valence electrons. The molecule has 0 aromatic heterocycles. The van der Waals surface area contributed by atoms with E-state index in [2.05, 4.69) is 0 Å². The maximum absolute atomic E-state index is 13.2. The zero-order valence-corrected chi connectivity index (χ0v) is 16.9. The van der Waals surface area contributed by atoms with Crippen LogP contribution in [0.5, 0.6) is 0 Å². The van der Waals surface area contributed by atoms with Crippen LogP contribution < -0.4 is 5.73 Å². The first-order valence-electron chi connectivity index (χ1n) is 8.86. The molecule has 1 heterocycles. The SMILES string of the molecule is CC(N)C1CCCN(S(=O)(=O)c2ccccc2C(=O)c2ccccc2)C1.Cl. The van der Waals surface area contributed by atoms with Crippen molar-refractivity contribution in [3.63, 3.8) is 0 Å². The number of hydrogen-bond donors (Lipinski definition) is 1. The van der Waals surface area contributed by atoms with E-state index in [9.17, 15) is 13.2 Å². The van der Waals surface area contributed by atoms with Gasteiger partial charge in [-0.2, -0.15) is 4.31 Å². The van der Waals surface area contributed by atoms with Gasteiger partial charge in [-0.15, -0.1) is 12.4 Å². The topological polar surface area (TPSA) is 80.5 Å². The van der Waals surface area contributed by atoms with Gasteiger partial charge in [0.1, 0.15) is 0 Å². The number of hydrogen-bond acceptors (Lipinski definition) is 4. The summed E-state index contributed by atoms with van der Waals surface area (Å²) >= 11 is 0. The number of carbonyl (C=O) groups is 1. The zero-order chi connectivity index (χ0) is 18.7. The van der Waals surface area contributed by atoms with Crippen LogP contribution in [-0.4, -0.2) is 37.6 Å². The molecular weight excluding hydrogens is 384 g/mol. The Bertz CT molecular complexity index is 885. The molecule has 2 aromatic carbocycles. The number of rotatable bonds is 5. The van der Waals surface area contributed by atoms with E-state index < -0.39 is 10.0 Å². The van der Waals surface area contributed by atoms with E-state index in [0.29, 0.717) is 18.7 Å². The van der Waals surface area contributed by atoms with E-state index in [-0.39, 0.29) is 40.6 Å². The number of benzene rings is 2. The average molecular weight is 409 g/mol. The Morgan fingerprint density at radius 1 is 1.11 bits per heavy atom. The highest BCUT2D eigenvalue weighted by molar-refractivity contribution is 7.89. The fourth-order valence-electron chi connectivity index (χ4n) is 3.38. The molecular formula is C20H25ClN2O3S. The largest absolute Gasteiger partial charge is 0.328 e. The van der Waals surface area contributed by atoms with Gasteiger partial charge in [0.25, 0.3) is 0 Å². The minimum Gasteiger partial charge on any atom is -0.328 e. The van der Waals surface area contributed by atoms with E-state index >= 15 is 0 Å². The second-order valence-electron chi connectivity index (χ2n) is 6.82. The van der Waals surface area contributed by atoms with Crippen LogP contribution in [0.2, 0.25) is 0 Å². The number of ketones is 1. The van der Waals surface area contributed by atoms with E-state index in [1.807, 2.05) is 13.0 Å². The molecule has 1 saturated heterocycles. The van der Waals surface area contributed by atoms with Gasteiger partial charge in [-0.1, -0.05) is 42.5 Å². The second kappa shape index (κ2) is 8.97. The standard InChI is InChI=1S/C20H24N2O3S.ClH/c1-15(21)17-10-7-13-22(14-17)26(24,25)19-12-6-5-11-18(19)20(23)16-8-3-2-4-9-16;/h2-6,8-9,11-12,15,17H,7,10,13-14,21H2,1H3;1H. The summed E-state index contributed by atoms with van der Waals surface area (Å²) < 4.78 is 28.0. The normalized spacial score (nSPS) is 19.1. The van der Waals surface area contributed by atoms with Crippen molar-refractivity contribution in [2.45, 2.75) is 30.7 Å². The third-order valence-corrected chi connectivity index (χ3v) is 6.87. The first kappa shape index (κ1) is 21.6. The van der Waals surface area contributed by atoms with Gasteiger partial charge < -0.3 is 5.73 Å². The van der Waals surface area contributed by atoms with E-state index in [4.69, 9.17) is 5.73 Å². The van der Waals surface area contributed by atoms with Gasteiger partial charge in [-0.05, 0) is 37.8 Å². The molecule has 3 rings (SSSR count). The van der Waals surface area contributed by atoms with Crippen molar-refractivity contribution in [2.75, 3.05) is 13.1 Å². The predicted octanol–water partition coefficient (Wildman–Crippen LogP) is 3.09. The fourth-order valence-corrected chi connectivity index (χ4v) is 5.11. The maximum atomic E-state index is 13.2. The first-order chi connectivity index (χ1) is 12.4. The molecule has 0 aliphatic carbocycles. The summed E-state index contributed by atoms with van der Waals surface area (Å²) in [4.78, 5) is 12.9. The first-order valence-corrected chi connectivity index (χ1v) is 10.3. The van der Waals surface area contributed by atoms with Gasteiger partial charge >= 0.3 is 0 Å². The zero-order valence-electron chi connectivity index (χ0n) is 15.2. The van der Waals surface area contributed by atoms with Crippen LogP contribution in [0.4, 0.5) is 0 Å². The van der Waals surface area contributed by atoms with Crippen molar-refractivity contribution >= 4 is 28.2 Å². The van der Waals surface area contributed by atoms with Gasteiger partial charge in [0.15, 0.2) is 5.78 Å². The summed E-state index contributed by atoms with van der Waals surface area (Å²) in [6.07, 6.45) is 1.70. The molecule has 0 saturated carbocycles. The number of piperidine rings is 1. The van der Waals surface area contributed by atoms with Gasteiger partial charge in [0.2, 0.25) is 10.0 Å². The monoisotopic (exact) mass is 408 g/mol. The van der Waals surface area contributed by atoms with Crippen LogP contribution >= 0.6 is 12.4 Å². The average Bonchev–Trinajstić information content (AvgIpc) is 2.68. The van der Waals surface area contributed by atoms with Crippen molar-refractivity contribution < 1.29 is 13.2 Å². The Labute approximate surface area is 167 Å². The summed E-state index contributed by atoms with van der Waals surface area (Å²) in [7, 11) is -3.76. The van der Waals surface area contributed by atoms with Crippen molar-refractivity contribution in [2.24, 2.45) is 11.7 Å². The van der Waals surface area contributed by atoms with Crippen LogP contribution in [0.25, 0.3) is 0 Å². The molecule has 2 aromatic rings. The highest BCUT2D eigenvalue weighted by Crippen LogP contribution is 2.28. The van der Waals surface area contributed by atoms with Gasteiger partial charge in [-0.3, -0.25) is 4.79 Å². The van der Waals surface area contributed by atoms with Crippen molar-refractivity contribution in [3.05, 3.63) is 65.7 Å². The molecule has 1 aliphatic heterocycles. The van der Waals surface area contributed by atoms with E-state index in [1.165, 1.54) is 10.4 Å². The molecule has 2 unspecified atom stereocenters. The summed E-state index contributed by atoms with van der Waals surface area (Å²) in [5.41, 5.74) is 6.67. The van der Waals surface area contributed by atoms with Crippen molar-refractivity contribution in [3.8, 4) is 0 Å². The summed E-state index contributed by atoms with van der Waals surface area (Å²) in [6.45, 7) is 2.76.